The normalized spacial score (nSPS) is 33.8. The smallest absolute Gasteiger partial charge is 0.306 e. The highest BCUT2D eigenvalue weighted by Gasteiger charge is 2.71. The average Bonchev–Trinajstić information content (AvgIpc) is 3.42. The molecule has 1 aliphatic carbocycles. The van der Waals surface area contributed by atoms with Crippen LogP contribution in [0.25, 0.3) is 0 Å². The average molecular weight is 606 g/mol. The Balaban J connectivity index is 1.39. The summed E-state index contributed by atoms with van der Waals surface area (Å²) in [6, 6.07) is 7.89. The quantitative estimate of drug-likeness (QED) is 0.290. The summed E-state index contributed by atoms with van der Waals surface area (Å²) in [5, 5.41) is 12.5. The largest absolute Gasteiger partial charge is 0.463 e. The Morgan fingerprint density at radius 3 is 2.55 bits per heavy atom. The predicted octanol–water partition coefficient (Wildman–Crippen LogP) is 2.82. The fraction of sp³-hybridized carbons (Fsp3) is 0.588. The number of esters is 1. The van der Waals surface area contributed by atoms with E-state index in [1.54, 1.807) is 17.1 Å². The Bertz CT molecular complexity index is 1290. The van der Waals surface area contributed by atoms with Crippen LogP contribution in [0.15, 0.2) is 54.6 Å². The van der Waals surface area contributed by atoms with Crippen molar-refractivity contribution >= 4 is 23.7 Å². The van der Waals surface area contributed by atoms with Crippen molar-refractivity contribution in [2.24, 2.45) is 11.8 Å². The molecule has 0 radical (unpaired) electrons. The van der Waals surface area contributed by atoms with Crippen LogP contribution in [0.3, 0.4) is 0 Å². The lowest BCUT2D eigenvalue weighted by atomic mass is 9.77. The summed E-state index contributed by atoms with van der Waals surface area (Å²) in [5.41, 5.74) is -0.539. The summed E-state index contributed by atoms with van der Waals surface area (Å²) in [4.78, 5) is 59.3. The summed E-state index contributed by atoms with van der Waals surface area (Å²) >= 11 is 0. The van der Waals surface area contributed by atoms with E-state index in [4.69, 9.17) is 9.47 Å². The van der Waals surface area contributed by atoms with Crippen LogP contribution >= 0.6 is 0 Å². The molecule has 236 valence electrons. The molecular weight excluding hydrogens is 562 g/mol. The topological polar surface area (TPSA) is 125 Å². The summed E-state index contributed by atoms with van der Waals surface area (Å²) in [7, 11) is 0. The molecule has 4 heterocycles. The van der Waals surface area contributed by atoms with Crippen LogP contribution in [0, 0.1) is 11.8 Å². The molecule has 5 aliphatic rings. The number of ether oxygens (including phenoxy) is 2. The minimum atomic E-state index is -1.32. The Morgan fingerprint density at radius 1 is 0.977 bits per heavy atom. The molecular formula is C34H43N3O7. The van der Waals surface area contributed by atoms with Crippen molar-refractivity contribution in [3.05, 3.63) is 60.2 Å². The van der Waals surface area contributed by atoms with Gasteiger partial charge in [0.1, 0.15) is 18.2 Å². The maximum atomic E-state index is 14.5. The Hall–Kier alpha value is -3.50. The molecule has 1 aromatic rings. The number of cyclic esters (lactones) is 1. The lowest BCUT2D eigenvalue weighted by Gasteiger charge is -2.39. The number of benzene rings is 1. The monoisotopic (exact) mass is 605 g/mol. The first-order valence-electron chi connectivity index (χ1n) is 16.2. The van der Waals surface area contributed by atoms with E-state index in [0.717, 1.165) is 37.7 Å². The molecule has 2 saturated heterocycles. The van der Waals surface area contributed by atoms with Crippen molar-refractivity contribution in [2.45, 2.75) is 87.6 Å². The van der Waals surface area contributed by atoms with Gasteiger partial charge in [0.2, 0.25) is 17.7 Å². The van der Waals surface area contributed by atoms with E-state index in [-0.39, 0.29) is 49.4 Å². The van der Waals surface area contributed by atoms with Gasteiger partial charge < -0.3 is 29.7 Å². The van der Waals surface area contributed by atoms with Crippen molar-refractivity contribution in [2.75, 3.05) is 26.3 Å². The second kappa shape index (κ2) is 13.2. The van der Waals surface area contributed by atoms with E-state index in [0.29, 0.717) is 32.4 Å². The molecule has 44 heavy (non-hydrogen) atoms. The molecule has 10 nitrogen and oxygen atoms in total. The highest BCUT2D eigenvalue weighted by Crippen LogP contribution is 2.53. The molecule has 10 heteroatoms. The molecule has 3 fully saturated rings. The second-order valence-corrected chi connectivity index (χ2v) is 12.6. The van der Waals surface area contributed by atoms with Crippen LogP contribution < -0.4 is 5.32 Å². The first kappa shape index (κ1) is 30.5. The zero-order valence-electron chi connectivity index (χ0n) is 25.1. The maximum absolute atomic E-state index is 14.5. The van der Waals surface area contributed by atoms with Gasteiger partial charge in [0, 0.05) is 32.2 Å². The minimum absolute atomic E-state index is 0.0107. The number of amides is 3. The predicted molar refractivity (Wildman–Crippen MR) is 161 cm³/mol. The molecule has 1 aromatic carbocycles. The number of unbranched alkanes of at least 4 members (excludes halogenated alkanes) is 1. The third-order valence-corrected chi connectivity index (χ3v) is 9.92. The number of allylic oxidation sites excluding steroid dienone is 1. The number of nitrogens with zero attached hydrogens (tertiary/aromatic N) is 2. The highest BCUT2D eigenvalue weighted by atomic mass is 16.5. The SMILES string of the molecule is O=C1CC/C=C\[C@@H]2O[C@@]34C=CCN(C5CCCCC5)C(=O)[C@@H]3N(CCCCO)C(=O)[C@H]4[C@@H]2C(=O)N[C@@H](c2ccccc2)CO1. The van der Waals surface area contributed by atoms with Crippen molar-refractivity contribution in [1.82, 2.24) is 15.1 Å². The van der Waals surface area contributed by atoms with Gasteiger partial charge in [-0.3, -0.25) is 19.2 Å². The number of rotatable bonds is 6. The van der Waals surface area contributed by atoms with Gasteiger partial charge >= 0.3 is 5.97 Å². The van der Waals surface area contributed by atoms with Crippen LogP contribution in [0.5, 0.6) is 0 Å². The molecule has 1 spiro atoms. The number of nitrogens with one attached hydrogen (secondary N) is 1. The molecule has 6 atom stereocenters. The molecule has 4 aliphatic heterocycles. The van der Waals surface area contributed by atoms with Crippen molar-refractivity contribution in [1.29, 1.82) is 0 Å². The van der Waals surface area contributed by atoms with Crippen LogP contribution in [0.2, 0.25) is 0 Å². The van der Waals surface area contributed by atoms with Crippen LogP contribution in [-0.4, -0.2) is 88.7 Å². The number of aliphatic hydroxyl groups excluding tert-OH is 1. The van der Waals surface area contributed by atoms with Crippen molar-refractivity contribution in [3.63, 3.8) is 0 Å². The molecule has 1 saturated carbocycles. The first-order valence-corrected chi connectivity index (χ1v) is 16.2. The van der Waals surface area contributed by atoms with E-state index in [2.05, 4.69) is 5.32 Å². The third-order valence-electron chi connectivity index (χ3n) is 9.92. The number of hydrogen-bond acceptors (Lipinski definition) is 7. The number of aliphatic hydroxyl groups is 1. The van der Waals surface area contributed by atoms with E-state index in [1.165, 1.54) is 0 Å². The molecule has 2 N–H and O–H groups in total. The van der Waals surface area contributed by atoms with Crippen molar-refractivity contribution < 1.29 is 33.8 Å². The zero-order valence-corrected chi connectivity index (χ0v) is 25.1. The lowest BCUT2D eigenvalue weighted by molar-refractivity contribution is -0.149. The van der Waals surface area contributed by atoms with Crippen molar-refractivity contribution in [3.8, 4) is 0 Å². The standard InChI is InChI=1S/C34H43N3O7/c38-21-10-9-19-37-30-33(42)36(24-14-5-2-6-15-24)20-11-18-34(30)29(32(37)41)28-26(44-34)16-7-8-17-27(39)43-22-25(35-31(28)40)23-12-3-1-4-13-23/h1,3-4,7,11-13,16,18,24-26,28-30,38H,2,5-6,8-10,14-15,17,19-22H2,(H,35,40)/b16-7-/t25-,26+,28-,29-,30+,34-/m1/s1. The van der Waals surface area contributed by atoms with Gasteiger partial charge in [-0.1, -0.05) is 73.9 Å². The third kappa shape index (κ3) is 5.70. The first-order chi connectivity index (χ1) is 21.4. The lowest BCUT2D eigenvalue weighted by Crippen LogP contribution is -2.57. The van der Waals surface area contributed by atoms with E-state index in [1.807, 2.05) is 47.4 Å². The highest BCUT2D eigenvalue weighted by molar-refractivity contribution is 5.99. The second-order valence-electron chi connectivity index (χ2n) is 12.6. The van der Waals surface area contributed by atoms with E-state index < -0.39 is 35.6 Å². The Labute approximate surface area is 258 Å². The number of carbonyl (C=O) groups excluding carboxylic acids is 4. The number of fused-ring (bicyclic) bond motifs is 2. The van der Waals surface area contributed by atoms with Gasteiger partial charge in [-0.2, -0.15) is 0 Å². The van der Waals surface area contributed by atoms with Crippen LogP contribution in [0.1, 0.15) is 69.4 Å². The fourth-order valence-corrected chi connectivity index (χ4v) is 7.81. The maximum Gasteiger partial charge on any atom is 0.306 e. The van der Waals surface area contributed by atoms with Gasteiger partial charge in [0.05, 0.1) is 24.0 Å². The summed E-state index contributed by atoms with van der Waals surface area (Å²) < 4.78 is 12.3. The fourth-order valence-electron chi connectivity index (χ4n) is 7.81. The van der Waals surface area contributed by atoms with Crippen LogP contribution in [-0.2, 0) is 28.7 Å². The number of likely N-dealkylation sites (tertiary alicyclic amines) is 1. The summed E-state index contributed by atoms with van der Waals surface area (Å²) in [5.74, 6) is -2.97. The number of carbonyl (C=O) groups is 4. The van der Waals surface area contributed by atoms with E-state index in [9.17, 15) is 24.3 Å². The van der Waals surface area contributed by atoms with Crippen LogP contribution in [0.4, 0.5) is 0 Å². The van der Waals surface area contributed by atoms with Gasteiger partial charge in [-0.05, 0) is 37.7 Å². The van der Waals surface area contributed by atoms with Gasteiger partial charge in [0.25, 0.3) is 0 Å². The number of hydrogen-bond donors (Lipinski definition) is 2. The molecule has 0 unspecified atom stereocenters. The zero-order chi connectivity index (χ0) is 30.7. The molecule has 0 bridgehead atoms. The van der Waals surface area contributed by atoms with Gasteiger partial charge in [-0.25, -0.2) is 0 Å². The van der Waals surface area contributed by atoms with E-state index >= 15 is 0 Å². The molecule has 0 aromatic heterocycles. The molecule has 3 amide bonds. The van der Waals surface area contributed by atoms with Gasteiger partial charge in [0.15, 0.2) is 0 Å². The molecule has 6 rings (SSSR count). The minimum Gasteiger partial charge on any atom is -0.463 e. The van der Waals surface area contributed by atoms with Gasteiger partial charge in [-0.15, -0.1) is 0 Å². The Kier molecular flexibility index (Phi) is 9.18. The summed E-state index contributed by atoms with van der Waals surface area (Å²) in [6.45, 7) is 0.679. The summed E-state index contributed by atoms with van der Waals surface area (Å²) in [6.07, 6.45) is 13.4. The Morgan fingerprint density at radius 2 is 1.77 bits per heavy atom.